The fourth-order valence-electron chi connectivity index (χ4n) is 3.61. The van der Waals surface area contributed by atoms with Gasteiger partial charge in [0.15, 0.2) is 11.0 Å². The lowest BCUT2D eigenvalue weighted by Gasteiger charge is -2.12. The van der Waals surface area contributed by atoms with Gasteiger partial charge in [0.05, 0.1) is 7.11 Å². The van der Waals surface area contributed by atoms with E-state index in [0.29, 0.717) is 11.3 Å². The van der Waals surface area contributed by atoms with Gasteiger partial charge in [0.1, 0.15) is 17.0 Å². The molecule has 32 heavy (non-hydrogen) atoms. The maximum atomic E-state index is 10.1. The van der Waals surface area contributed by atoms with Gasteiger partial charge < -0.3 is 9.84 Å². The van der Waals surface area contributed by atoms with Gasteiger partial charge in [-0.2, -0.15) is 0 Å². The summed E-state index contributed by atoms with van der Waals surface area (Å²) in [6.45, 7) is 0. The van der Waals surface area contributed by atoms with Gasteiger partial charge in [0, 0.05) is 28.6 Å². The summed E-state index contributed by atoms with van der Waals surface area (Å²) in [5.74, 6) is 2.35. The van der Waals surface area contributed by atoms with Crippen molar-refractivity contribution >= 4 is 22.7 Å². The molecule has 2 aromatic heterocycles. The molecule has 2 heterocycles. The van der Waals surface area contributed by atoms with E-state index in [1.54, 1.807) is 31.1 Å². The number of phenols is 1. The molecular weight excluding hydrogens is 420 g/mol. The van der Waals surface area contributed by atoms with Crippen LogP contribution in [0.4, 0.5) is 0 Å². The molecular formula is C25H20N4O2S. The van der Waals surface area contributed by atoms with Gasteiger partial charge in [-0.25, -0.2) is 0 Å². The molecule has 0 aliphatic rings. The Morgan fingerprint density at radius 3 is 2.66 bits per heavy atom. The van der Waals surface area contributed by atoms with E-state index in [4.69, 9.17) is 4.74 Å². The smallest absolute Gasteiger partial charge is 0.196 e. The number of pyridine rings is 1. The number of ether oxygens (including phenoxy) is 1. The number of methoxy groups -OCH3 is 1. The summed E-state index contributed by atoms with van der Waals surface area (Å²) < 4.78 is 7.45. The minimum atomic E-state index is 0.183. The van der Waals surface area contributed by atoms with Crippen molar-refractivity contribution in [2.45, 2.75) is 10.9 Å². The number of rotatable bonds is 6. The lowest BCUT2D eigenvalue weighted by molar-refractivity contribution is 0.415. The Bertz CT molecular complexity index is 1390. The van der Waals surface area contributed by atoms with Crippen molar-refractivity contribution in [3.63, 3.8) is 0 Å². The van der Waals surface area contributed by atoms with Crippen molar-refractivity contribution in [1.29, 1.82) is 0 Å². The van der Waals surface area contributed by atoms with E-state index in [1.165, 1.54) is 0 Å². The van der Waals surface area contributed by atoms with Crippen LogP contribution in [-0.4, -0.2) is 32.0 Å². The molecule has 0 saturated carbocycles. The molecule has 0 bridgehead atoms. The van der Waals surface area contributed by atoms with E-state index < -0.39 is 0 Å². The normalized spacial score (nSPS) is 11.0. The molecule has 0 aliphatic heterocycles. The molecule has 5 aromatic rings. The fraction of sp³-hybridized carbons (Fsp3) is 0.0800. The van der Waals surface area contributed by atoms with Crippen LogP contribution in [0, 0.1) is 0 Å². The maximum Gasteiger partial charge on any atom is 0.196 e. The van der Waals surface area contributed by atoms with Crippen LogP contribution in [0.25, 0.3) is 28.0 Å². The number of aromatic hydroxyl groups is 1. The van der Waals surface area contributed by atoms with Crippen LogP contribution in [0.2, 0.25) is 0 Å². The average Bonchev–Trinajstić information content (AvgIpc) is 3.28. The minimum absolute atomic E-state index is 0.183. The van der Waals surface area contributed by atoms with Gasteiger partial charge in [-0.15, -0.1) is 10.2 Å². The zero-order valence-corrected chi connectivity index (χ0v) is 18.2. The average molecular weight is 441 g/mol. The van der Waals surface area contributed by atoms with Crippen LogP contribution in [0.1, 0.15) is 5.56 Å². The van der Waals surface area contributed by atoms with Gasteiger partial charge in [-0.05, 0) is 42.0 Å². The number of fused-ring (bicyclic) bond motifs is 1. The van der Waals surface area contributed by atoms with Gasteiger partial charge in [-0.3, -0.25) is 9.55 Å². The molecule has 0 radical (unpaired) electrons. The van der Waals surface area contributed by atoms with Crippen LogP contribution < -0.4 is 4.74 Å². The summed E-state index contributed by atoms with van der Waals surface area (Å²) in [6.07, 6.45) is 1.69. The minimum Gasteiger partial charge on any atom is -0.506 e. The fourth-order valence-corrected chi connectivity index (χ4v) is 4.56. The number of benzene rings is 3. The van der Waals surface area contributed by atoms with E-state index in [9.17, 15) is 5.11 Å². The predicted octanol–water partition coefficient (Wildman–Crippen LogP) is 5.49. The molecule has 5 rings (SSSR count). The van der Waals surface area contributed by atoms with Crippen molar-refractivity contribution < 1.29 is 9.84 Å². The molecule has 0 amide bonds. The van der Waals surface area contributed by atoms with Crippen LogP contribution in [0.5, 0.6) is 11.5 Å². The molecule has 0 atom stereocenters. The Kier molecular flexibility index (Phi) is 5.47. The first-order chi connectivity index (χ1) is 15.7. The molecule has 1 N–H and O–H groups in total. The largest absolute Gasteiger partial charge is 0.506 e. The van der Waals surface area contributed by atoms with Crippen LogP contribution in [0.15, 0.2) is 90.2 Å². The molecule has 7 heteroatoms. The second-order valence-corrected chi connectivity index (χ2v) is 8.08. The van der Waals surface area contributed by atoms with E-state index in [-0.39, 0.29) is 5.75 Å². The summed E-state index contributed by atoms with van der Waals surface area (Å²) in [5, 5.41) is 20.9. The molecule has 0 fully saturated rings. The highest BCUT2D eigenvalue weighted by Gasteiger charge is 2.17. The van der Waals surface area contributed by atoms with Crippen molar-refractivity contribution in [3.05, 3.63) is 90.6 Å². The molecule has 6 nitrogen and oxygen atoms in total. The number of nitrogens with zero attached hydrogens (tertiary/aromatic N) is 4. The quantitative estimate of drug-likeness (QED) is 0.352. The summed E-state index contributed by atoms with van der Waals surface area (Å²) in [5.41, 5.74) is 3.58. The predicted molar refractivity (Wildman–Crippen MR) is 126 cm³/mol. The Morgan fingerprint density at radius 1 is 0.938 bits per heavy atom. The Balaban J connectivity index is 1.55. The van der Waals surface area contributed by atoms with Crippen molar-refractivity contribution in [2.24, 2.45) is 0 Å². The molecule has 0 aliphatic carbocycles. The zero-order valence-electron chi connectivity index (χ0n) is 17.3. The topological polar surface area (TPSA) is 73.1 Å². The van der Waals surface area contributed by atoms with E-state index in [2.05, 4.69) is 19.7 Å². The second-order valence-electron chi connectivity index (χ2n) is 7.14. The molecule has 158 valence electrons. The van der Waals surface area contributed by atoms with Gasteiger partial charge in [-0.1, -0.05) is 54.2 Å². The van der Waals surface area contributed by atoms with E-state index in [0.717, 1.165) is 38.9 Å². The first-order valence-electron chi connectivity index (χ1n) is 10.1. The Labute approximate surface area is 189 Å². The number of thioether (sulfide) groups is 1. The lowest BCUT2D eigenvalue weighted by atomic mass is 10.1. The lowest BCUT2D eigenvalue weighted by Crippen LogP contribution is -2.00. The summed E-state index contributed by atoms with van der Waals surface area (Å²) in [7, 11) is 1.65. The second kappa shape index (κ2) is 8.72. The van der Waals surface area contributed by atoms with Crippen molar-refractivity contribution in [2.75, 3.05) is 7.11 Å². The van der Waals surface area contributed by atoms with Crippen LogP contribution in [-0.2, 0) is 5.75 Å². The van der Waals surface area contributed by atoms with Crippen molar-refractivity contribution in [1.82, 2.24) is 19.7 Å². The van der Waals surface area contributed by atoms with Gasteiger partial charge in [0.25, 0.3) is 0 Å². The number of hydrogen-bond donors (Lipinski definition) is 1. The van der Waals surface area contributed by atoms with Crippen LogP contribution >= 0.6 is 11.8 Å². The standard InChI is InChI=1S/C25H20N4O2S/c1-31-20-10-5-7-17(15-20)24-27-28-25(29(24)19-8-3-2-4-9-19)32-16-18-12-13-22(30)23-21(18)11-6-14-26-23/h2-15,30H,16H2,1H3. The highest BCUT2D eigenvalue weighted by Crippen LogP contribution is 2.33. The number of hydrogen-bond acceptors (Lipinski definition) is 6. The molecule has 3 aromatic carbocycles. The molecule has 0 spiro atoms. The number of aromatic nitrogens is 4. The third-order valence-corrected chi connectivity index (χ3v) is 6.15. The van der Waals surface area contributed by atoms with Crippen LogP contribution in [0.3, 0.4) is 0 Å². The third kappa shape index (κ3) is 3.78. The van der Waals surface area contributed by atoms with E-state index >= 15 is 0 Å². The zero-order chi connectivity index (χ0) is 21.9. The monoisotopic (exact) mass is 440 g/mol. The van der Waals surface area contributed by atoms with Crippen molar-refractivity contribution in [3.8, 4) is 28.6 Å². The summed E-state index contributed by atoms with van der Waals surface area (Å²) >= 11 is 1.59. The summed E-state index contributed by atoms with van der Waals surface area (Å²) in [4.78, 5) is 4.32. The Morgan fingerprint density at radius 2 is 1.81 bits per heavy atom. The van der Waals surface area contributed by atoms with Gasteiger partial charge >= 0.3 is 0 Å². The maximum absolute atomic E-state index is 10.1. The first kappa shape index (κ1) is 20.1. The van der Waals surface area contributed by atoms with E-state index in [1.807, 2.05) is 72.8 Å². The SMILES string of the molecule is COc1cccc(-c2nnc(SCc3ccc(O)c4ncccc34)n2-c2ccccc2)c1. The first-order valence-corrected chi connectivity index (χ1v) is 11.1. The summed E-state index contributed by atoms with van der Waals surface area (Å²) in [6, 6.07) is 25.3. The third-order valence-electron chi connectivity index (χ3n) is 5.17. The Hall–Kier alpha value is -3.84. The highest BCUT2D eigenvalue weighted by atomic mass is 32.2. The highest BCUT2D eigenvalue weighted by molar-refractivity contribution is 7.98. The number of phenolic OH excluding ortho intramolecular Hbond substituents is 1. The van der Waals surface area contributed by atoms with Gasteiger partial charge in [0.2, 0.25) is 0 Å². The number of para-hydroxylation sites is 1. The molecule has 0 unspecified atom stereocenters. The molecule has 0 saturated heterocycles.